The zero-order chi connectivity index (χ0) is 53.6. The monoisotopic (exact) mass is 1070 g/mol. The van der Waals surface area contributed by atoms with Gasteiger partial charge in [0.05, 0.1) is 17.1 Å². The van der Waals surface area contributed by atoms with E-state index < -0.39 is 0 Å². The molecule has 18 rings (SSSR count). The fourth-order valence-corrected chi connectivity index (χ4v) is 17.3. The van der Waals surface area contributed by atoms with Gasteiger partial charge < -0.3 is 9.80 Å². The average Bonchev–Trinajstić information content (AvgIpc) is 3.64. The van der Waals surface area contributed by atoms with Crippen molar-refractivity contribution in [3.8, 4) is 0 Å². The first-order valence-corrected chi connectivity index (χ1v) is 30.3. The van der Waals surface area contributed by atoms with Crippen LogP contribution < -0.4 is 9.80 Å². The Morgan fingerprint density at radius 2 is 0.889 bits per heavy atom. The smallest absolute Gasteiger partial charge is 0.0517 e. The van der Waals surface area contributed by atoms with Crippen LogP contribution in [0.4, 0.5) is 34.1 Å². The number of para-hydroxylation sites is 2. The summed E-state index contributed by atoms with van der Waals surface area (Å²) in [5.74, 6) is 0. The third kappa shape index (κ3) is 6.27. The van der Waals surface area contributed by atoms with Crippen LogP contribution in [0.2, 0.25) is 0 Å². The quantitative estimate of drug-likeness (QED) is 0.153. The number of thiophene rings is 2. The van der Waals surface area contributed by atoms with Crippen molar-refractivity contribution in [2.24, 2.45) is 0 Å². The second kappa shape index (κ2) is 16.5. The number of hydrogen-bond donors (Lipinski definition) is 0. The largest absolute Gasteiger partial charge is 0.310 e. The Balaban J connectivity index is 0.782. The molecule has 81 heavy (non-hydrogen) atoms. The second-order valence-corrected chi connectivity index (χ2v) is 25.5. The number of benzene rings is 15. The molecule has 0 saturated carbocycles. The topological polar surface area (TPSA) is 6.48 Å². The lowest BCUT2D eigenvalue weighted by Gasteiger charge is -2.42. The maximum Gasteiger partial charge on any atom is 0.0517 e. The lowest BCUT2D eigenvalue weighted by atomic mass is 9.73. The molecule has 2 nitrogen and oxygen atoms in total. The Bertz CT molecular complexity index is 5530. The molecule has 2 aromatic heterocycles. The van der Waals surface area contributed by atoms with Crippen molar-refractivity contribution in [3.63, 3.8) is 0 Å². The molecule has 0 bridgehead atoms. The maximum absolute atomic E-state index is 2.56. The minimum absolute atomic E-state index is 0.227. The molecule has 0 atom stereocenters. The summed E-state index contributed by atoms with van der Waals surface area (Å²) >= 11 is 3.86. The summed E-state index contributed by atoms with van der Waals surface area (Å²) in [5, 5.41) is 26.5. The van der Waals surface area contributed by atoms with Gasteiger partial charge in [-0.1, -0.05) is 173 Å². The molecule has 3 heterocycles. The molecule has 15 aromatic carbocycles. The highest BCUT2D eigenvalue weighted by molar-refractivity contribution is 7.26. The van der Waals surface area contributed by atoms with Crippen LogP contribution in [0.15, 0.2) is 218 Å². The molecule has 0 radical (unpaired) electrons. The van der Waals surface area contributed by atoms with Crippen molar-refractivity contribution in [1.82, 2.24) is 0 Å². The number of aryl methyl sites for hydroxylation is 2. The molecule has 0 saturated heterocycles. The molecule has 1 aliphatic rings. The average molecular weight is 1070 g/mol. The van der Waals surface area contributed by atoms with Gasteiger partial charge in [-0.05, 0) is 194 Å². The van der Waals surface area contributed by atoms with Crippen LogP contribution in [0.1, 0.15) is 49.9 Å². The highest BCUT2D eigenvalue weighted by Crippen LogP contribution is 2.56. The molecule has 0 fully saturated rings. The summed E-state index contributed by atoms with van der Waals surface area (Å²) in [6.07, 6.45) is 1.84. The van der Waals surface area contributed by atoms with Gasteiger partial charge in [0.25, 0.3) is 0 Å². The molecular weight excluding hydrogens is 1020 g/mol. The summed E-state index contributed by atoms with van der Waals surface area (Å²) in [7, 11) is 0. The van der Waals surface area contributed by atoms with E-state index in [9.17, 15) is 0 Å². The second-order valence-electron chi connectivity index (χ2n) is 23.3. The molecule has 0 N–H and O–H groups in total. The molecule has 0 aliphatic carbocycles. The molecule has 0 spiro atoms. The van der Waals surface area contributed by atoms with Crippen LogP contribution in [0.5, 0.6) is 0 Å². The normalized spacial score (nSPS) is 13.6. The summed E-state index contributed by atoms with van der Waals surface area (Å²) in [6.45, 7) is 9.43. The number of nitrogens with zero attached hydrogens (tertiary/aromatic N) is 2. The Morgan fingerprint density at radius 1 is 0.346 bits per heavy atom. The first-order chi connectivity index (χ1) is 39.8. The van der Waals surface area contributed by atoms with Crippen LogP contribution in [0, 0.1) is 0 Å². The van der Waals surface area contributed by atoms with Crippen LogP contribution in [-0.2, 0) is 18.3 Å². The Kier molecular flexibility index (Phi) is 9.33. The van der Waals surface area contributed by atoms with Gasteiger partial charge in [0.2, 0.25) is 0 Å². The van der Waals surface area contributed by atoms with Crippen molar-refractivity contribution in [2.45, 2.75) is 46.0 Å². The van der Waals surface area contributed by atoms with Crippen molar-refractivity contribution in [1.29, 1.82) is 0 Å². The van der Waals surface area contributed by atoms with Crippen molar-refractivity contribution in [3.05, 3.63) is 241 Å². The zero-order valence-electron chi connectivity index (χ0n) is 45.4. The van der Waals surface area contributed by atoms with Gasteiger partial charge in [-0.15, -0.1) is 22.7 Å². The Morgan fingerprint density at radius 3 is 1.56 bits per heavy atom. The molecule has 17 aromatic rings. The van der Waals surface area contributed by atoms with Gasteiger partial charge in [0.1, 0.15) is 0 Å². The molecule has 382 valence electrons. The van der Waals surface area contributed by atoms with Gasteiger partial charge in [0.15, 0.2) is 0 Å². The van der Waals surface area contributed by atoms with E-state index in [0.29, 0.717) is 0 Å². The van der Waals surface area contributed by atoms with Crippen molar-refractivity contribution < 1.29 is 0 Å². The van der Waals surface area contributed by atoms with Gasteiger partial charge >= 0.3 is 0 Å². The van der Waals surface area contributed by atoms with Gasteiger partial charge in [0, 0.05) is 62.8 Å². The van der Waals surface area contributed by atoms with Crippen molar-refractivity contribution in [2.75, 3.05) is 9.80 Å². The standard InChI is InChI=1S/C77H52N2S2/c1-5-43-13-7-9-19-63(43)78(65-41-67-59(37-44(65)6-2)75-57-31-27-47-16-11-14-45-21-25-51(38-69(75)80-67)73(57)71(45)47)53-29-33-55-49(35-53)23-24-50-36-54(30-34-56(50)55)79-64-20-10-8-18-61(64)77(3,4)62-40-60-68(42-66(62)79)81-70-39-52-26-22-46-15-12-17-48-28-32-58(76(60)70)74(52)72(46)48/h7-42H,5-6H2,1-4H3. The van der Waals surface area contributed by atoms with Crippen LogP contribution >= 0.6 is 22.7 Å². The molecule has 0 amide bonds. The van der Waals surface area contributed by atoms with Crippen LogP contribution in [0.25, 0.3) is 127 Å². The van der Waals surface area contributed by atoms with E-state index in [4.69, 9.17) is 0 Å². The maximum atomic E-state index is 2.56. The van der Waals surface area contributed by atoms with E-state index in [1.807, 2.05) is 22.7 Å². The molecule has 4 heteroatoms. The van der Waals surface area contributed by atoms with Gasteiger partial charge in [-0.25, -0.2) is 0 Å². The van der Waals surface area contributed by atoms with E-state index in [1.165, 1.54) is 183 Å². The SMILES string of the molecule is CCc1ccccc1N(c1ccc2c(ccc3cc(N4c5ccccc5C(C)(C)c5cc6c(cc54)sc4cc5ccc7cccc8ccc(c46)c5c78)ccc32)c1)c1cc2sc3cc4ccc5cccc6ccc(c3c2cc1CC)c4c56. The third-order valence-electron chi connectivity index (χ3n) is 18.8. The number of hydrogen-bond acceptors (Lipinski definition) is 4. The first-order valence-electron chi connectivity index (χ1n) is 28.7. The van der Waals surface area contributed by atoms with Gasteiger partial charge in [-0.2, -0.15) is 0 Å². The summed E-state index contributed by atoms with van der Waals surface area (Å²) in [4.78, 5) is 5.10. The zero-order valence-corrected chi connectivity index (χ0v) is 47.0. The van der Waals surface area contributed by atoms with E-state index in [0.717, 1.165) is 12.8 Å². The third-order valence-corrected chi connectivity index (χ3v) is 21.0. The molecular formula is C77H52N2S2. The summed E-state index contributed by atoms with van der Waals surface area (Å²) < 4.78 is 5.32. The van der Waals surface area contributed by atoms with Crippen LogP contribution in [-0.4, -0.2) is 0 Å². The minimum Gasteiger partial charge on any atom is -0.310 e. The Labute approximate surface area is 476 Å². The number of rotatable bonds is 6. The fraction of sp³-hybridized carbons (Fsp3) is 0.0909. The number of fused-ring (bicyclic) bond motifs is 13. The Hall–Kier alpha value is -9.06. The highest BCUT2D eigenvalue weighted by atomic mass is 32.1. The van der Waals surface area contributed by atoms with Crippen molar-refractivity contribution >= 4 is 183 Å². The lowest BCUT2D eigenvalue weighted by molar-refractivity contribution is 0.633. The predicted octanol–water partition coefficient (Wildman–Crippen LogP) is 23.2. The minimum atomic E-state index is -0.227. The van der Waals surface area contributed by atoms with E-state index >= 15 is 0 Å². The summed E-state index contributed by atoms with van der Waals surface area (Å²) in [6, 6.07) is 84.1. The van der Waals surface area contributed by atoms with Crippen LogP contribution in [0.3, 0.4) is 0 Å². The lowest BCUT2D eigenvalue weighted by Crippen LogP contribution is -2.30. The molecule has 1 aliphatic heterocycles. The number of anilines is 6. The van der Waals surface area contributed by atoms with Gasteiger partial charge in [-0.3, -0.25) is 0 Å². The predicted molar refractivity (Wildman–Crippen MR) is 355 cm³/mol. The first kappa shape index (κ1) is 45.8. The van der Waals surface area contributed by atoms with E-state index in [-0.39, 0.29) is 5.41 Å². The van der Waals surface area contributed by atoms with E-state index in [1.54, 1.807) is 0 Å². The van der Waals surface area contributed by atoms with E-state index in [2.05, 4.69) is 256 Å². The summed E-state index contributed by atoms with van der Waals surface area (Å²) in [5.41, 5.74) is 12.4. The molecule has 0 unspecified atom stereocenters. The highest BCUT2D eigenvalue weighted by Gasteiger charge is 2.38. The fourth-order valence-electron chi connectivity index (χ4n) is 15.0.